The van der Waals surface area contributed by atoms with Crippen molar-refractivity contribution >= 4 is 19.8 Å². The summed E-state index contributed by atoms with van der Waals surface area (Å²) in [6, 6.07) is 0. The number of quaternary nitrogens is 1. The SMILES string of the molecule is CCCCC/C=C\C/C=C\C/C=C\CC(O)C(O)CCCC(=O)OC[C@H](COP(=O)(O)OCC[N+](C)(C)C)OC(=O)CCCCCCCC/C=C\C/C=C\C/C=C\CCCCCC. The van der Waals surface area contributed by atoms with Crippen molar-refractivity contribution in [2.24, 2.45) is 0 Å². The van der Waals surface area contributed by atoms with Crippen LogP contribution in [0.25, 0.3) is 0 Å². The quantitative estimate of drug-likeness (QED) is 0.0177. The van der Waals surface area contributed by atoms with Crippen molar-refractivity contribution in [3.05, 3.63) is 72.9 Å². The second kappa shape index (κ2) is 42.0. The van der Waals surface area contributed by atoms with Crippen LogP contribution in [0.4, 0.5) is 0 Å². The maximum atomic E-state index is 12.7. The largest absolute Gasteiger partial charge is 0.472 e. The molecule has 0 aliphatic rings. The highest BCUT2D eigenvalue weighted by atomic mass is 31.2. The molecule has 0 radical (unpaired) electrons. The molecule has 11 nitrogen and oxygen atoms in total. The van der Waals surface area contributed by atoms with E-state index >= 15 is 0 Å². The number of esters is 2. The number of aliphatic hydroxyl groups is 2. The average molecular weight is 909 g/mol. The summed E-state index contributed by atoms with van der Waals surface area (Å²) in [5, 5.41) is 20.8. The first-order valence-electron chi connectivity index (χ1n) is 24.3. The van der Waals surface area contributed by atoms with Crippen LogP contribution < -0.4 is 0 Å². The van der Waals surface area contributed by atoms with E-state index in [4.69, 9.17) is 18.5 Å². The van der Waals surface area contributed by atoms with Crippen molar-refractivity contribution in [3.8, 4) is 0 Å². The molecule has 364 valence electrons. The predicted molar refractivity (Wildman–Crippen MR) is 259 cm³/mol. The van der Waals surface area contributed by atoms with Gasteiger partial charge in [0.25, 0.3) is 0 Å². The zero-order valence-electron chi connectivity index (χ0n) is 40.3. The minimum absolute atomic E-state index is 0.0197. The van der Waals surface area contributed by atoms with E-state index in [0.717, 1.165) is 70.6 Å². The number of aliphatic hydroxyl groups excluding tert-OH is 2. The number of hydrogen-bond donors (Lipinski definition) is 3. The average Bonchev–Trinajstić information content (AvgIpc) is 3.23. The molecule has 0 spiro atoms. The number of nitrogens with zero attached hydrogens (tertiary/aromatic N) is 1. The summed E-state index contributed by atoms with van der Waals surface area (Å²) in [4.78, 5) is 35.5. The Hall–Kier alpha value is -2.63. The van der Waals surface area contributed by atoms with E-state index in [1.807, 2.05) is 33.3 Å². The van der Waals surface area contributed by atoms with Gasteiger partial charge < -0.3 is 29.1 Å². The molecule has 0 saturated heterocycles. The van der Waals surface area contributed by atoms with Crippen LogP contribution in [0, 0.1) is 0 Å². The third-order valence-electron chi connectivity index (χ3n) is 10.2. The van der Waals surface area contributed by atoms with Gasteiger partial charge in [-0.25, -0.2) is 4.57 Å². The fourth-order valence-corrected chi connectivity index (χ4v) is 6.92. The van der Waals surface area contributed by atoms with Crippen LogP contribution >= 0.6 is 7.82 Å². The Morgan fingerprint density at radius 3 is 1.57 bits per heavy atom. The zero-order chi connectivity index (χ0) is 46.7. The molecule has 0 aliphatic heterocycles. The molecule has 0 aromatic rings. The molecule has 12 heteroatoms. The lowest BCUT2D eigenvalue weighted by Gasteiger charge is -2.24. The van der Waals surface area contributed by atoms with Crippen LogP contribution in [-0.2, 0) is 32.7 Å². The summed E-state index contributed by atoms with van der Waals surface area (Å²) in [6.45, 7) is 4.02. The van der Waals surface area contributed by atoms with Gasteiger partial charge in [0.1, 0.15) is 19.8 Å². The van der Waals surface area contributed by atoms with E-state index in [1.165, 1.54) is 51.4 Å². The first-order valence-corrected chi connectivity index (χ1v) is 25.8. The van der Waals surface area contributed by atoms with Gasteiger partial charge in [0.15, 0.2) is 6.10 Å². The number of phosphoric ester groups is 1. The molecule has 0 rings (SSSR count). The molecule has 0 aliphatic carbocycles. The summed E-state index contributed by atoms with van der Waals surface area (Å²) in [5.41, 5.74) is 0. The third kappa shape index (κ3) is 44.4. The highest BCUT2D eigenvalue weighted by Crippen LogP contribution is 2.43. The molecule has 0 heterocycles. The van der Waals surface area contributed by atoms with Gasteiger partial charge in [0.05, 0.1) is 40.0 Å². The molecule has 0 saturated carbocycles. The van der Waals surface area contributed by atoms with Gasteiger partial charge >= 0.3 is 19.8 Å². The van der Waals surface area contributed by atoms with Crippen LogP contribution in [0.3, 0.4) is 0 Å². The van der Waals surface area contributed by atoms with E-state index in [1.54, 1.807) is 0 Å². The molecule has 63 heavy (non-hydrogen) atoms. The number of rotatable bonds is 43. The minimum Gasteiger partial charge on any atom is -0.462 e. The molecule has 0 bridgehead atoms. The first kappa shape index (κ1) is 60.4. The molecule has 0 aromatic carbocycles. The predicted octanol–water partition coefficient (Wildman–Crippen LogP) is 12.1. The summed E-state index contributed by atoms with van der Waals surface area (Å²) < 4.78 is 34.2. The summed E-state index contributed by atoms with van der Waals surface area (Å²) in [6.07, 6.45) is 45.5. The number of carbonyl (C=O) groups excluding carboxylic acids is 2. The third-order valence-corrected chi connectivity index (χ3v) is 11.1. The molecular weight excluding hydrogens is 818 g/mol. The van der Waals surface area contributed by atoms with Crippen molar-refractivity contribution in [2.45, 2.75) is 193 Å². The lowest BCUT2D eigenvalue weighted by atomic mass is 10.0. The highest BCUT2D eigenvalue weighted by molar-refractivity contribution is 7.47. The number of likely N-dealkylation sites (N-methyl/N-ethyl adjacent to an activating group) is 1. The van der Waals surface area contributed by atoms with Crippen molar-refractivity contribution in [1.29, 1.82) is 0 Å². The maximum absolute atomic E-state index is 12.7. The van der Waals surface area contributed by atoms with Gasteiger partial charge in [0.2, 0.25) is 0 Å². The number of carbonyl (C=O) groups is 2. The van der Waals surface area contributed by atoms with Crippen LogP contribution in [0.2, 0.25) is 0 Å². The number of ether oxygens (including phenoxy) is 2. The van der Waals surface area contributed by atoms with Gasteiger partial charge in [-0.2, -0.15) is 0 Å². The number of allylic oxidation sites excluding steroid dienone is 11. The smallest absolute Gasteiger partial charge is 0.462 e. The summed E-state index contributed by atoms with van der Waals surface area (Å²) in [7, 11) is 1.30. The number of hydrogen-bond acceptors (Lipinski definition) is 9. The van der Waals surface area contributed by atoms with Gasteiger partial charge in [-0.15, -0.1) is 0 Å². The lowest BCUT2D eigenvalue weighted by molar-refractivity contribution is -0.870. The first-order chi connectivity index (χ1) is 30.3. The second-order valence-electron chi connectivity index (χ2n) is 17.4. The maximum Gasteiger partial charge on any atom is 0.472 e. The fraction of sp³-hybridized carbons (Fsp3) is 0.725. The monoisotopic (exact) mass is 909 g/mol. The van der Waals surface area contributed by atoms with E-state index in [0.29, 0.717) is 23.9 Å². The van der Waals surface area contributed by atoms with E-state index in [2.05, 4.69) is 74.6 Å². The van der Waals surface area contributed by atoms with E-state index in [-0.39, 0.29) is 38.9 Å². The topological polar surface area (TPSA) is 149 Å². The second-order valence-corrected chi connectivity index (χ2v) is 18.9. The van der Waals surface area contributed by atoms with Crippen molar-refractivity contribution in [2.75, 3.05) is 47.5 Å². The van der Waals surface area contributed by atoms with Crippen LogP contribution in [-0.4, -0.2) is 97.3 Å². The number of unbranched alkanes of at least 4 members (excludes halogenated alkanes) is 13. The Morgan fingerprint density at radius 1 is 0.556 bits per heavy atom. The molecule has 4 atom stereocenters. The Labute approximate surface area is 384 Å². The van der Waals surface area contributed by atoms with Crippen molar-refractivity contribution < 1.29 is 52.3 Å². The Balaban J connectivity index is 4.56. The Kier molecular flexibility index (Phi) is 40.3. The molecule has 0 aromatic heterocycles. The Morgan fingerprint density at radius 2 is 1.02 bits per heavy atom. The standard InChI is InChI=1S/C51H90NO10P/c1-6-8-10-12-14-16-18-20-21-22-23-24-25-26-27-29-31-33-35-37-41-51(56)62-47(46-61-63(57,58)60-44-43-52(3,4)5)45-59-50(55)42-38-40-49(54)48(53)39-36-34-32-30-28-19-17-15-13-11-9-7-2/h15-18,21-22,24-25,28,30,34,36,47-49,53-54H,6-14,19-20,23,26-27,29,31-33,35,37-46H2,1-5H3/p+1/b17-15-,18-16-,22-21-,25-24-,30-28-,36-34-/t47-,48?,49?/m1/s1. The molecule has 0 amide bonds. The van der Waals surface area contributed by atoms with Gasteiger partial charge in [-0.1, -0.05) is 145 Å². The summed E-state index contributed by atoms with van der Waals surface area (Å²) in [5.74, 6) is -1.10. The highest BCUT2D eigenvalue weighted by Gasteiger charge is 2.27. The lowest BCUT2D eigenvalue weighted by Crippen LogP contribution is -2.37. The van der Waals surface area contributed by atoms with Gasteiger partial charge in [-0.05, 0) is 89.9 Å². The van der Waals surface area contributed by atoms with Gasteiger partial charge in [0, 0.05) is 12.8 Å². The molecule has 3 unspecified atom stereocenters. The fourth-order valence-electron chi connectivity index (χ4n) is 6.18. The molecule has 0 fully saturated rings. The van der Waals surface area contributed by atoms with E-state index < -0.39 is 44.7 Å². The van der Waals surface area contributed by atoms with Crippen molar-refractivity contribution in [3.63, 3.8) is 0 Å². The minimum atomic E-state index is -4.46. The zero-order valence-corrected chi connectivity index (χ0v) is 41.2. The van der Waals surface area contributed by atoms with Crippen molar-refractivity contribution in [1.82, 2.24) is 0 Å². The number of phosphoric acid groups is 1. The van der Waals surface area contributed by atoms with E-state index in [9.17, 15) is 29.3 Å². The van der Waals surface area contributed by atoms with Crippen LogP contribution in [0.15, 0.2) is 72.9 Å². The molecular formula is C51H91NO10P+. The summed E-state index contributed by atoms with van der Waals surface area (Å²) >= 11 is 0. The van der Waals surface area contributed by atoms with Gasteiger partial charge in [-0.3, -0.25) is 18.6 Å². The van der Waals surface area contributed by atoms with Crippen LogP contribution in [0.5, 0.6) is 0 Å². The van der Waals surface area contributed by atoms with Crippen LogP contribution in [0.1, 0.15) is 174 Å². The Bertz CT molecular complexity index is 1340. The molecule has 3 N–H and O–H groups in total. The normalized spacial score (nSPS) is 15.1.